The molecule has 1 rings (SSSR count). The lowest BCUT2D eigenvalue weighted by Gasteiger charge is -2.23. The van der Waals surface area contributed by atoms with E-state index in [2.05, 4.69) is 10.6 Å². The molecule has 1 atom stereocenters. The van der Waals surface area contributed by atoms with Gasteiger partial charge in [0.05, 0.1) is 10.8 Å². The largest absolute Gasteiger partial charge is 0.464 e. The number of carbonyl (C=O) groups is 1. The van der Waals surface area contributed by atoms with E-state index in [1.165, 1.54) is 0 Å². The minimum Gasteiger partial charge on any atom is -0.464 e. The topological polar surface area (TPSA) is 88.4 Å². The maximum Gasteiger partial charge on any atom is 0.315 e. The lowest BCUT2D eigenvalue weighted by Crippen LogP contribution is -2.47. The van der Waals surface area contributed by atoms with Crippen molar-refractivity contribution in [3.8, 4) is 0 Å². The number of amides is 2. The minimum atomic E-state index is -3.24. The van der Waals surface area contributed by atoms with Crippen LogP contribution in [0.2, 0.25) is 0 Å². The molecule has 0 spiro atoms. The lowest BCUT2D eigenvalue weighted by molar-refractivity contribution is 0.235. The third-order valence-corrected chi connectivity index (χ3v) is 5.37. The van der Waals surface area contributed by atoms with Gasteiger partial charge in [0.25, 0.3) is 0 Å². The number of aryl methyl sites for hydroxylation is 1. The van der Waals surface area contributed by atoms with Gasteiger partial charge in [-0.05, 0) is 39.8 Å². The van der Waals surface area contributed by atoms with Crippen LogP contribution in [0.25, 0.3) is 0 Å². The van der Waals surface area contributed by atoms with Crippen LogP contribution in [0.15, 0.2) is 16.5 Å². The molecular weight excluding hydrogens is 280 g/mol. The fourth-order valence-corrected chi connectivity index (χ4v) is 1.76. The van der Waals surface area contributed by atoms with E-state index < -0.39 is 20.6 Å². The monoisotopic (exact) mass is 302 g/mol. The Labute approximate surface area is 119 Å². The summed E-state index contributed by atoms with van der Waals surface area (Å²) in [6.07, 6.45) is 1.15. The second kappa shape index (κ2) is 5.87. The Morgan fingerprint density at radius 3 is 2.45 bits per heavy atom. The van der Waals surface area contributed by atoms with Gasteiger partial charge in [0.2, 0.25) is 0 Å². The molecule has 0 aliphatic carbocycles. The van der Waals surface area contributed by atoms with Gasteiger partial charge in [0.1, 0.15) is 11.5 Å². The summed E-state index contributed by atoms with van der Waals surface area (Å²) in [7, 11) is -3.24. The van der Waals surface area contributed by atoms with Gasteiger partial charge >= 0.3 is 6.03 Å². The van der Waals surface area contributed by atoms with Gasteiger partial charge in [0.15, 0.2) is 9.84 Å². The molecule has 0 radical (unpaired) electrons. The second-order valence-corrected chi connectivity index (χ2v) is 8.18. The van der Waals surface area contributed by atoms with Gasteiger partial charge in [0, 0.05) is 12.8 Å². The zero-order valence-corrected chi connectivity index (χ0v) is 13.3. The molecule has 0 bridgehead atoms. The molecule has 20 heavy (non-hydrogen) atoms. The Hall–Kier alpha value is -1.50. The lowest BCUT2D eigenvalue weighted by atomic mass is 10.2. The minimum absolute atomic E-state index is 0.0432. The molecule has 0 fully saturated rings. The molecule has 1 aromatic heterocycles. The van der Waals surface area contributed by atoms with E-state index in [1.807, 2.05) is 13.0 Å². The highest BCUT2D eigenvalue weighted by molar-refractivity contribution is 7.92. The Morgan fingerprint density at radius 1 is 1.40 bits per heavy atom. The number of sulfone groups is 1. The van der Waals surface area contributed by atoms with Crippen LogP contribution in [0, 0.1) is 6.92 Å². The van der Waals surface area contributed by atoms with Crippen LogP contribution in [0.1, 0.15) is 38.3 Å². The summed E-state index contributed by atoms with van der Waals surface area (Å²) in [4.78, 5) is 11.7. The Bertz CT molecular complexity index is 575. The molecule has 0 aromatic carbocycles. The number of rotatable bonds is 5. The smallest absolute Gasteiger partial charge is 0.315 e. The van der Waals surface area contributed by atoms with Crippen LogP contribution in [0.4, 0.5) is 4.79 Å². The molecule has 1 aromatic rings. The Morgan fingerprint density at radius 2 is 2.00 bits per heavy atom. The van der Waals surface area contributed by atoms with E-state index in [9.17, 15) is 13.2 Å². The highest BCUT2D eigenvalue weighted by Crippen LogP contribution is 2.16. The van der Waals surface area contributed by atoms with E-state index in [4.69, 9.17) is 4.42 Å². The van der Waals surface area contributed by atoms with Crippen molar-refractivity contribution in [2.75, 3.05) is 12.8 Å². The Balaban J connectivity index is 2.53. The van der Waals surface area contributed by atoms with Gasteiger partial charge < -0.3 is 15.1 Å². The first-order valence-electron chi connectivity index (χ1n) is 6.33. The third kappa shape index (κ3) is 4.26. The van der Waals surface area contributed by atoms with E-state index in [1.54, 1.807) is 26.8 Å². The van der Waals surface area contributed by atoms with E-state index >= 15 is 0 Å². The molecule has 6 nitrogen and oxygen atoms in total. The summed E-state index contributed by atoms with van der Waals surface area (Å²) >= 11 is 0. The van der Waals surface area contributed by atoms with Gasteiger partial charge in [-0.1, -0.05) is 0 Å². The van der Waals surface area contributed by atoms with Crippen LogP contribution >= 0.6 is 0 Å². The first-order chi connectivity index (χ1) is 9.03. The fourth-order valence-electron chi connectivity index (χ4n) is 1.43. The first kappa shape index (κ1) is 16.6. The molecule has 0 unspecified atom stereocenters. The molecule has 114 valence electrons. The molecule has 1 heterocycles. The van der Waals surface area contributed by atoms with Crippen molar-refractivity contribution in [3.63, 3.8) is 0 Å². The summed E-state index contributed by atoms with van der Waals surface area (Å²) in [6, 6.07) is 2.90. The van der Waals surface area contributed by atoms with Crippen molar-refractivity contribution in [2.45, 2.75) is 38.5 Å². The number of carbonyl (C=O) groups excluding carboxylic acids is 1. The standard InChI is InChI=1S/C13H22N2O4S/c1-9-6-7-11(19-9)10(2)15-12(16)14-8-13(3,4)20(5,17)18/h6-7,10H,8H2,1-5H3,(H2,14,15,16)/t10-/m0/s1. The van der Waals surface area contributed by atoms with Crippen LogP contribution in [-0.4, -0.2) is 32.0 Å². The highest BCUT2D eigenvalue weighted by atomic mass is 32.2. The molecule has 0 aliphatic rings. The van der Waals surface area contributed by atoms with Crippen molar-refractivity contribution >= 4 is 15.9 Å². The third-order valence-electron chi connectivity index (χ3n) is 3.21. The van der Waals surface area contributed by atoms with Crippen molar-refractivity contribution in [2.24, 2.45) is 0 Å². The Kier molecular flexibility index (Phi) is 4.86. The number of nitrogens with one attached hydrogen (secondary N) is 2. The zero-order valence-electron chi connectivity index (χ0n) is 12.5. The number of furan rings is 1. The highest BCUT2D eigenvalue weighted by Gasteiger charge is 2.30. The van der Waals surface area contributed by atoms with Crippen LogP contribution in [0.5, 0.6) is 0 Å². The molecular formula is C13H22N2O4S. The van der Waals surface area contributed by atoms with Gasteiger partial charge in [-0.3, -0.25) is 0 Å². The van der Waals surface area contributed by atoms with E-state index in [0.29, 0.717) is 5.76 Å². The number of hydrogen-bond acceptors (Lipinski definition) is 4. The van der Waals surface area contributed by atoms with Crippen LogP contribution in [-0.2, 0) is 9.84 Å². The molecule has 2 N–H and O–H groups in total. The second-order valence-electron chi connectivity index (χ2n) is 5.53. The van der Waals surface area contributed by atoms with Crippen molar-refractivity contribution < 1.29 is 17.6 Å². The fraction of sp³-hybridized carbons (Fsp3) is 0.615. The predicted molar refractivity (Wildman–Crippen MR) is 77.3 cm³/mol. The van der Waals surface area contributed by atoms with Gasteiger partial charge in [-0.15, -0.1) is 0 Å². The molecule has 0 aliphatic heterocycles. The zero-order chi connectivity index (χ0) is 15.6. The van der Waals surface area contributed by atoms with E-state index in [0.717, 1.165) is 12.0 Å². The maximum absolute atomic E-state index is 11.7. The normalized spacial score (nSPS) is 13.8. The van der Waals surface area contributed by atoms with Gasteiger partial charge in [-0.2, -0.15) is 0 Å². The summed E-state index contributed by atoms with van der Waals surface area (Å²) < 4.78 is 27.5. The summed E-state index contributed by atoms with van der Waals surface area (Å²) in [6.45, 7) is 6.80. The quantitative estimate of drug-likeness (QED) is 0.867. The number of urea groups is 1. The summed E-state index contributed by atoms with van der Waals surface area (Å²) in [5.74, 6) is 1.42. The van der Waals surface area contributed by atoms with Crippen LogP contribution < -0.4 is 10.6 Å². The average molecular weight is 302 g/mol. The maximum atomic E-state index is 11.7. The number of hydrogen-bond donors (Lipinski definition) is 2. The van der Waals surface area contributed by atoms with Crippen LogP contribution in [0.3, 0.4) is 0 Å². The first-order valence-corrected chi connectivity index (χ1v) is 8.22. The molecule has 7 heteroatoms. The molecule has 0 saturated heterocycles. The molecule has 2 amide bonds. The van der Waals surface area contributed by atoms with Crippen molar-refractivity contribution in [1.29, 1.82) is 0 Å². The summed E-state index contributed by atoms with van der Waals surface area (Å²) in [5.41, 5.74) is 0. The molecule has 0 saturated carbocycles. The predicted octanol–water partition coefficient (Wildman–Crippen LogP) is 1.77. The van der Waals surface area contributed by atoms with Crippen molar-refractivity contribution in [3.05, 3.63) is 23.7 Å². The van der Waals surface area contributed by atoms with Gasteiger partial charge in [-0.25, -0.2) is 13.2 Å². The van der Waals surface area contributed by atoms with E-state index in [-0.39, 0.29) is 12.6 Å². The van der Waals surface area contributed by atoms with Crippen molar-refractivity contribution in [1.82, 2.24) is 10.6 Å². The average Bonchev–Trinajstić information content (AvgIpc) is 2.72. The SMILES string of the molecule is Cc1ccc([C@H](C)NC(=O)NCC(C)(C)S(C)(=O)=O)o1. The summed E-state index contributed by atoms with van der Waals surface area (Å²) in [5, 5.41) is 5.26.